The van der Waals surface area contributed by atoms with Gasteiger partial charge in [-0.3, -0.25) is 19.7 Å². The van der Waals surface area contributed by atoms with Crippen molar-refractivity contribution < 1.29 is 27.7 Å². The number of hydrogen-bond acceptors (Lipinski definition) is 4. The van der Waals surface area contributed by atoms with Crippen LogP contribution in [0, 0.1) is 10.1 Å². The zero-order chi connectivity index (χ0) is 14.6. The van der Waals surface area contributed by atoms with Crippen LogP contribution in [-0.4, -0.2) is 29.3 Å². The molecule has 0 aromatic heterocycles. The number of alkyl halides is 3. The van der Waals surface area contributed by atoms with Crippen molar-refractivity contribution in [2.45, 2.75) is 6.18 Å². The number of hydrogen-bond donors (Lipinski definition) is 1. The molecule has 0 aliphatic heterocycles. The van der Waals surface area contributed by atoms with Gasteiger partial charge in [0.25, 0.3) is 5.69 Å². The number of nitro groups is 1. The molecule has 1 aromatic rings. The molecule has 0 bridgehead atoms. The van der Waals surface area contributed by atoms with Crippen LogP contribution in [-0.2, 0) is 4.79 Å². The first-order chi connectivity index (χ1) is 8.71. The topological polar surface area (TPSA) is 89.3 Å². The largest absolute Gasteiger partial charge is 0.471 e. The van der Waals surface area contributed by atoms with Gasteiger partial charge >= 0.3 is 12.1 Å². The van der Waals surface area contributed by atoms with E-state index in [0.29, 0.717) is 0 Å². The van der Waals surface area contributed by atoms with Crippen molar-refractivity contribution in [3.05, 3.63) is 39.9 Å². The molecule has 0 saturated carbocycles. The second-order valence-corrected chi connectivity index (χ2v) is 3.41. The van der Waals surface area contributed by atoms with Gasteiger partial charge in [0.15, 0.2) is 5.78 Å². The van der Waals surface area contributed by atoms with Crippen LogP contribution in [0.5, 0.6) is 0 Å². The van der Waals surface area contributed by atoms with E-state index in [1.807, 2.05) is 0 Å². The molecular weight excluding hydrogens is 269 g/mol. The predicted octanol–water partition coefficient (Wildman–Crippen LogP) is 1.46. The molecule has 0 aliphatic rings. The lowest BCUT2D eigenvalue weighted by Crippen LogP contribution is -2.39. The molecule has 1 rings (SSSR count). The molecule has 0 unspecified atom stereocenters. The Morgan fingerprint density at radius 1 is 1.21 bits per heavy atom. The number of rotatable bonds is 4. The van der Waals surface area contributed by atoms with Gasteiger partial charge in [-0.15, -0.1) is 0 Å². The summed E-state index contributed by atoms with van der Waals surface area (Å²) in [6.07, 6.45) is -5.06. The van der Waals surface area contributed by atoms with Crippen LogP contribution in [0.15, 0.2) is 24.3 Å². The van der Waals surface area contributed by atoms with Gasteiger partial charge < -0.3 is 5.32 Å². The number of halogens is 3. The number of carbonyl (C=O) groups is 2. The fourth-order valence-corrected chi connectivity index (χ4v) is 1.13. The van der Waals surface area contributed by atoms with Gasteiger partial charge in [0.1, 0.15) is 0 Å². The molecule has 0 saturated heterocycles. The molecule has 0 radical (unpaired) electrons. The van der Waals surface area contributed by atoms with E-state index < -0.39 is 29.3 Å². The molecule has 0 heterocycles. The van der Waals surface area contributed by atoms with Gasteiger partial charge in [0.05, 0.1) is 11.5 Å². The van der Waals surface area contributed by atoms with E-state index in [9.17, 15) is 32.9 Å². The molecular formula is C10H7F3N2O4. The summed E-state index contributed by atoms with van der Waals surface area (Å²) in [5, 5.41) is 11.8. The number of nitro benzene ring substituents is 1. The minimum atomic E-state index is -5.06. The van der Waals surface area contributed by atoms with Gasteiger partial charge in [-0.05, 0) is 12.1 Å². The molecule has 1 N–H and O–H groups in total. The van der Waals surface area contributed by atoms with Gasteiger partial charge in [-0.2, -0.15) is 13.2 Å². The molecule has 9 heteroatoms. The summed E-state index contributed by atoms with van der Waals surface area (Å²) in [5.41, 5.74) is -0.288. The number of Topliss-reactive ketones (excluding diaryl/α,β-unsaturated/α-hetero) is 1. The van der Waals surface area contributed by atoms with Crippen LogP contribution in [0.4, 0.5) is 18.9 Å². The third-order valence-electron chi connectivity index (χ3n) is 2.07. The predicted molar refractivity (Wildman–Crippen MR) is 56.5 cm³/mol. The summed E-state index contributed by atoms with van der Waals surface area (Å²) in [5.74, 6) is -3.00. The lowest BCUT2D eigenvalue weighted by atomic mass is 10.1. The summed E-state index contributed by atoms with van der Waals surface area (Å²) in [4.78, 5) is 31.5. The van der Waals surface area contributed by atoms with Crippen LogP contribution >= 0.6 is 0 Å². The van der Waals surface area contributed by atoms with Crippen LogP contribution in [0.2, 0.25) is 0 Å². The Hall–Kier alpha value is -2.45. The third kappa shape index (κ3) is 4.05. The molecule has 19 heavy (non-hydrogen) atoms. The van der Waals surface area contributed by atoms with Crippen LogP contribution < -0.4 is 5.32 Å². The summed E-state index contributed by atoms with van der Waals surface area (Å²) >= 11 is 0. The molecule has 0 aliphatic carbocycles. The number of nitrogens with zero attached hydrogens (tertiary/aromatic N) is 1. The Bertz CT molecular complexity index is 511. The van der Waals surface area contributed by atoms with Crippen LogP contribution in [0.3, 0.4) is 0 Å². The first kappa shape index (κ1) is 14.6. The number of carbonyl (C=O) groups excluding carboxylic acids is 2. The minimum absolute atomic E-state index is 0.0342. The van der Waals surface area contributed by atoms with E-state index in [1.165, 1.54) is 5.32 Å². The quantitative estimate of drug-likeness (QED) is 0.512. The Morgan fingerprint density at radius 2 is 1.74 bits per heavy atom. The molecule has 0 fully saturated rings. The first-order valence-corrected chi connectivity index (χ1v) is 4.84. The van der Waals surface area contributed by atoms with Crippen molar-refractivity contribution in [2.24, 2.45) is 0 Å². The number of ketones is 1. The smallest absolute Gasteiger partial charge is 0.341 e. The zero-order valence-electron chi connectivity index (χ0n) is 9.23. The minimum Gasteiger partial charge on any atom is -0.341 e. The van der Waals surface area contributed by atoms with Crippen molar-refractivity contribution in [2.75, 3.05) is 6.54 Å². The number of non-ortho nitro benzene ring substituents is 1. The normalized spacial score (nSPS) is 10.9. The molecule has 0 atom stereocenters. The summed E-state index contributed by atoms with van der Waals surface area (Å²) in [7, 11) is 0. The Kier molecular flexibility index (Phi) is 4.20. The highest BCUT2D eigenvalue weighted by atomic mass is 19.4. The van der Waals surface area contributed by atoms with Gasteiger partial charge in [-0.25, -0.2) is 0 Å². The van der Waals surface area contributed by atoms with Gasteiger partial charge in [0.2, 0.25) is 0 Å². The number of nitrogens with one attached hydrogen (secondary N) is 1. The fourth-order valence-electron chi connectivity index (χ4n) is 1.13. The lowest BCUT2D eigenvalue weighted by molar-refractivity contribution is -0.384. The maximum Gasteiger partial charge on any atom is 0.471 e. The second-order valence-electron chi connectivity index (χ2n) is 3.41. The SMILES string of the molecule is O=C(CNC(=O)C(F)(F)F)c1ccc([N+](=O)[O-])cc1. The Balaban J connectivity index is 2.64. The maximum atomic E-state index is 11.8. The van der Waals surface area contributed by atoms with Crippen molar-refractivity contribution in [3.8, 4) is 0 Å². The molecule has 1 amide bonds. The molecule has 6 nitrogen and oxygen atoms in total. The fraction of sp³-hybridized carbons (Fsp3) is 0.200. The lowest BCUT2D eigenvalue weighted by Gasteiger charge is -2.07. The highest BCUT2D eigenvalue weighted by Gasteiger charge is 2.38. The van der Waals surface area contributed by atoms with Crippen molar-refractivity contribution >= 4 is 17.4 Å². The third-order valence-corrected chi connectivity index (χ3v) is 2.07. The number of amides is 1. The summed E-state index contributed by atoms with van der Waals surface area (Å²) in [6.45, 7) is -0.837. The highest BCUT2D eigenvalue weighted by molar-refractivity contribution is 5.99. The molecule has 102 valence electrons. The van der Waals surface area contributed by atoms with Gasteiger partial charge in [0, 0.05) is 17.7 Å². The molecule has 0 spiro atoms. The zero-order valence-corrected chi connectivity index (χ0v) is 9.23. The average molecular weight is 276 g/mol. The van der Waals surface area contributed by atoms with Crippen LogP contribution in [0.1, 0.15) is 10.4 Å². The Labute approximate surface area is 104 Å². The van der Waals surface area contributed by atoms with Crippen LogP contribution in [0.25, 0.3) is 0 Å². The monoisotopic (exact) mass is 276 g/mol. The second kappa shape index (κ2) is 5.46. The summed E-state index contributed by atoms with van der Waals surface area (Å²) < 4.78 is 35.5. The van der Waals surface area contributed by atoms with E-state index in [2.05, 4.69) is 0 Å². The highest BCUT2D eigenvalue weighted by Crippen LogP contribution is 2.14. The Morgan fingerprint density at radius 3 is 2.16 bits per heavy atom. The van der Waals surface area contributed by atoms with E-state index >= 15 is 0 Å². The van der Waals surface area contributed by atoms with Crippen molar-refractivity contribution in [3.63, 3.8) is 0 Å². The van der Waals surface area contributed by atoms with E-state index in [0.717, 1.165) is 24.3 Å². The van der Waals surface area contributed by atoms with E-state index in [1.54, 1.807) is 0 Å². The van der Waals surface area contributed by atoms with Crippen molar-refractivity contribution in [1.82, 2.24) is 5.32 Å². The number of benzene rings is 1. The maximum absolute atomic E-state index is 11.8. The summed E-state index contributed by atoms with van der Waals surface area (Å²) in [6, 6.07) is 4.28. The van der Waals surface area contributed by atoms with E-state index in [-0.39, 0.29) is 11.3 Å². The van der Waals surface area contributed by atoms with Gasteiger partial charge in [-0.1, -0.05) is 0 Å². The average Bonchev–Trinajstić information content (AvgIpc) is 2.34. The van der Waals surface area contributed by atoms with Crippen molar-refractivity contribution in [1.29, 1.82) is 0 Å². The first-order valence-electron chi connectivity index (χ1n) is 4.84. The van der Waals surface area contributed by atoms with E-state index in [4.69, 9.17) is 0 Å². The molecule has 1 aromatic carbocycles. The standard InChI is InChI=1S/C10H7F3N2O4/c11-10(12,13)9(17)14-5-8(16)6-1-3-7(4-2-6)15(18)19/h1-4H,5H2,(H,14,17).